The van der Waals surface area contributed by atoms with Crippen LogP contribution in [0.15, 0.2) is 42.5 Å². The lowest BCUT2D eigenvalue weighted by molar-refractivity contribution is 0.117. The van der Waals surface area contributed by atoms with Gasteiger partial charge in [0.05, 0.1) is 0 Å². The van der Waals surface area contributed by atoms with E-state index in [1.165, 1.54) is 89.0 Å². The Bertz CT molecular complexity index is 888. The van der Waals surface area contributed by atoms with E-state index in [4.69, 9.17) is 4.74 Å². The van der Waals surface area contributed by atoms with Crippen LogP contribution in [0.25, 0.3) is 11.1 Å². The van der Waals surface area contributed by atoms with Gasteiger partial charge in [-0.25, -0.2) is 4.39 Å². The van der Waals surface area contributed by atoms with E-state index in [1.54, 1.807) is 6.07 Å². The van der Waals surface area contributed by atoms with Gasteiger partial charge in [0.2, 0.25) is 0 Å². The monoisotopic (exact) mass is 492 g/mol. The quantitative estimate of drug-likeness (QED) is 0.286. The van der Waals surface area contributed by atoms with Crippen LogP contribution in [0.4, 0.5) is 4.39 Å². The number of ether oxygens (including phenoxy) is 1. The van der Waals surface area contributed by atoms with Crippen LogP contribution in [-0.4, -0.2) is 13.7 Å². The highest BCUT2D eigenvalue weighted by Gasteiger charge is 2.22. The van der Waals surface area contributed by atoms with E-state index in [9.17, 15) is 0 Å². The van der Waals surface area contributed by atoms with Gasteiger partial charge >= 0.3 is 0 Å². The lowest BCUT2D eigenvalue weighted by Gasteiger charge is -2.28. The van der Waals surface area contributed by atoms with Crippen LogP contribution in [0.2, 0.25) is 0 Å². The summed E-state index contributed by atoms with van der Waals surface area (Å²) in [4.78, 5) is 0. The normalized spacial score (nSPS) is 24.6. The summed E-state index contributed by atoms with van der Waals surface area (Å²) in [6.07, 6.45) is 19.6. The third-order valence-corrected chi connectivity index (χ3v) is 9.28. The van der Waals surface area contributed by atoms with Crippen molar-refractivity contribution in [2.45, 2.75) is 103 Å². The molecular formula is C34H49FO. The molecule has 4 rings (SSSR count). The van der Waals surface area contributed by atoms with Gasteiger partial charge in [-0.15, -0.1) is 0 Å². The molecule has 2 aromatic rings. The largest absolute Gasteiger partial charge is 0.384 e. The first-order valence-corrected chi connectivity index (χ1v) is 15.0. The molecular weight excluding hydrogens is 443 g/mol. The van der Waals surface area contributed by atoms with Crippen molar-refractivity contribution >= 4 is 0 Å². The molecule has 0 spiro atoms. The molecule has 2 heteroatoms. The summed E-state index contributed by atoms with van der Waals surface area (Å²) in [6, 6.07) is 14.6. The van der Waals surface area contributed by atoms with E-state index in [-0.39, 0.29) is 5.82 Å². The van der Waals surface area contributed by atoms with Crippen molar-refractivity contribution in [3.8, 4) is 11.1 Å². The van der Waals surface area contributed by atoms with E-state index in [0.29, 0.717) is 0 Å². The molecule has 0 aliphatic heterocycles. The third-order valence-electron chi connectivity index (χ3n) is 9.28. The topological polar surface area (TPSA) is 9.23 Å². The van der Waals surface area contributed by atoms with Gasteiger partial charge in [0.15, 0.2) is 0 Å². The lowest BCUT2D eigenvalue weighted by atomic mass is 9.78. The van der Waals surface area contributed by atoms with Crippen LogP contribution in [-0.2, 0) is 17.6 Å². The molecule has 198 valence electrons. The van der Waals surface area contributed by atoms with Crippen LogP contribution in [0.1, 0.15) is 102 Å². The smallest absolute Gasteiger partial charge is 0.131 e. The number of methoxy groups -OCH3 is 1. The number of hydrogen-bond acceptors (Lipinski definition) is 1. The Morgan fingerprint density at radius 1 is 0.694 bits per heavy atom. The molecule has 2 fully saturated rings. The van der Waals surface area contributed by atoms with Crippen LogP contribution < -0.4 is 0 Å². The number of benzene rings is 2. The summed E-state index contributed by atoms with van der Waals surface area (Å²) in [5.41, 5.74) is 4.26. The Kier molecular flexibility index (Phi) is 10.9. The summed E-state index contributed by atoms with van der Waals surface area (Å²) in [7, 11) is 1.82. The Balaban J connectivity index is 1.22. The van der Waals surface area contributed by atoms with Gasteiger partial charge in [-0.1, -0.05) is 101 Å². The van der Waals surface area contributed by atoms with Crippen molar-refractivity contribution in [3.05, 3.63) is 59.4 Å². The molecule has 0 radical (unpaired) electrons. The molecule has 0 saturated heterocycles. The van der Waals surface area contributed by atoms with E-state index < -0.39 is 0 Å². The Hall–Kier alpha value is -1.67. The van der Waals surface area contributed by atoms with Crippen molar-refractivity contribution in [2.75, 3.05) is 13.7 Å². The Morgan fingerprint density at radius 2 is 1.22 bits per heavy atom. The average Bonchev–Trinajstić information content (AvgIpc) is 2.91. The maximum Gasteiger partial charge on any atom is 0.131 e. The summed E-state index contributed by atoms with van der Waals surface area (Å²) in [5, 5.41) is 0. The molecule has 0 heterocycles. The van der Waals surface area contributed by atoms with Crippen LogP contribution in [0.5, 0.6) is 0 Å². The minimum atomic E-state index is -0.0728. The molecule has 2 saturated carbocycles. The molecule has 0 amide bonds. The van der Waals surface area contributed by atoms with Gasteiger partial charge in [0.25, 0.3) is 0 Å². The second-order valence-corrected chi connectivity index (χ2v) is 12.0. The molecule has 0 aromatic heterocycles. The van der Waals surface area contributed by atoms with E-state index in [0.717, 1.165) is 59.8 Å². The maximum atomic E-state index is 15.0. The van der Waals surface area contributed by atoms with Gasteiger partial charge in [0.1, 0.15) is 5.82 Å². The lowest BCUT2D eigenvalue weighted by Crippen LogP contribution is -2.18. The fourth-order valence-corrected chi connectivity index (χ4v) is 6.76. The van der Waals surface area contributed by atoms with Crippen LogP contribution in [0, 0.1) is 29.5 Å². The highest BCUT2D eigenvalue weighted by molar-refractivity contribution is 5.64. The van der Waals surface area contributed by atoms with Gasteiger partial charge in [-0.3, -0.25) is 0 Å². The van der Waals surface area contributed by atoms with Gasteiger partial charge in [0, 0.05) is 19.3 Å². The molecule has 2 aliphatic rings. The summed E-state index contributed by atoms with van der Waals surface area (Å²) >= 11 is 0. The second kappa shape index (κ2) is 14.3. The minimum Gasteiger partial charge on any atom is -0.384 e. The molecule has 0 unspecified atom stereocenters. The molecule has 36 heavy (non-hydrogen) atoms. The van der Waals surface area contributed by atoms with E-state index >= 15 is 4.39 Å². The molecule has 0 N–H and O–H groups in total. The molecule has 0 atom stereocenters. The van der Waals surface area contributed by atoms with Crippen molar-refractivity contribution in [2.24, 2.45) is 23.7 Å². The zero-order chi connectivity index (χ0) is 25.2. The highest BCUT2D eigenvalue weighted by atomic mass is 19.1. The van der Waals surface area contributed by atoms with Gasteiger partial charge < -0.3 is 4.74 Å². The minimum absolute atomic E-state index is 0.0728. The van der Waals surface area contributed by atoms with Crippen molar-refractivity contribution in [3.63, 3.8) is 0 Å². The van der Waals surface area contributed by atoms with Crippen LogP contribution >= 0.6 is 0 Å². The molecule has 2 aromatic carbocycles. The van der Waals surface area contributed by atoms with Crippen molar-refractivity contribution in [1.82, 2.24) is 0 Å². The molecule has 1 nitrogen and oxygen atoms in total. The van der Waals surface area contributed by atoms with E-state index in [1.807, 2.05) is 13.2 Å². The van der Waals surface area contributed by atoms with Gasteiger partial charge in [-0.2, -0.15) is 0 Å². The zero-order valence-corrected chi connectivity index (χ0v) is 23.0. The Morgan fingerprint density at radius 3 is 1.78 bits per heavy atom. The van der Waals surface area contributed by atoms with E-state index in [2.05, 4.69) is 37.3 Å². The SMILES string of the molecule is CCCCC1CCC(CCc2ccc(-c3ccc(CCC4CCC(COC)CC4)cc3)c(F)c2)CC1. The fourth-order valence-electron chi connectivity index (χ4n) is 6.76. The average molecular weight is 493 g/mol. The standard InChI is InChI=1S/C34H49FO/c1-3-4-5-26-6-8-27(9-7-26)12-15-30-20-23-33(34(35)24-30)32-21-18-29(19-22-32)11-10-28-13-16-31(17-14-28)25-36-2/h18-24,26-28,31H,3-17,25H2,1-2H3. The second-order valence-electron chi connectivity index (χ2n) is 12.0. The fraction of sp³-hybridized carbons (Fsp3) is 0.647. The summed E-state index contributed by atoms with van der Waals surface area (Å²) in [5.74, 6) is 3.33. The number of halogens is 1. The first-order valence-electron chi connectivity index (χ1n) is 15.0. The van der Waals surface area contributed by atoms with Crippen LogP contribution in [0.3, 0.4) is 0 Å². The maximum absolute atomic E-state index is 15.0. The number of hydrogen-bond donors (Lipinski definition) is 0. The predicted molar refractivity (Wildman–Crippen MR) is 151 cm³/mol. The summed E-state index contributed by atoms with van der Waals surface area (Å²) < 4.78 is 20.4. The number of aryl methyl sites for hydroxylation is 2. The predicted octanol–water partition coefficient (Wildman–Crippen LogP) is 9.81. The first kappa shape index (κ1) is 27.4. The Labute approximate surface area is 220 Å². The van der Waals surface area contributed by atoms with Crippen molar-refractivity contribution < 1.29 is 9.13 Å². The molecule has 2 aliphatic carbocycles. The number of unbranched alkanes of at least 4 members (excludes halogenated alkanes) is 1. The highest BCUT2D eigenvalue weighted by Crippen LogP contribution is 2.35. The summed E-state index contributed by atoms with van der Waals surface area (Å²) in [6.45, 7) is 3.22. The third kappa shape index (κ3) is 8.17. The molecule has 0 bridgehead atoms. The van der Waals surface area contributed by atoms with Gasteiger partial charge in [-0.05, 0) is 85.0 Å². The first-order chi connectivity index (χ1) is 17.6. The van der Waals surface area contributed by atoms with Crippen molar-refractivity contribution in [1.29, 1.82) is 0 Å². The number of rotatable bonds is 12. The zero-order valence-electron chi connectivity index (χ0n) is 23.0.